The van der Waals surface area contributed by atoms with E-state index in [0.717, 1.165) is 23.2 Å². The normalized spacial score (nSPS) is 9.55. The van der Waals surface area contributed by atoms with Crippen LogP contribution in [0.4, 0.5) is 0 Å². The van der Waals surface area contributed by atoms with E-state index in [-0.39, 0.29) is 0 Å². The number of benzene rings is 1. The Kier molecular flexibility index (Phi) is 4.35. The van der Waals surface area contributed by atoms with Gasteiger partial charge in [0.1, 0.15) is 5.75 Å². The lowest BCUT2D eigenvalue weighted by molar-refractivity contribution is 0.319. The third-order valence-corrected chi connectivity index (χ3v) is 2.00. The number of alkyl halides is 1. The Bertz CT molecular complexity index is 186. The smallest absolute Gasteiger partial charge is 0.119 e. The van der Waals surface area contributed by atoms with Crippen molar-refractivity contribution >= 4 is 22.6 Å². The van der Waals surface area contributed by atoms with Crippen molar-refractivity contribution in [3.8, 4) is 5.75 Å². The first-order chi connectivity index (χ1) is 5.43. The molecule has 0 spiro atoms. The van der Waals surface area contributed by atoms with Gasteiger partial charge >= 0.3 is 0 Å². The minimum atomic E-state index is 0.812. The van der Waals surface area contributed by atoms with Gasteiger partial charge in [0, 0.05) is 4.43 Å². The lowest BCUT2D eigenvalue weighted by Gasteiger charge is -2.02. The number of ether oxygens (including phenoxy) is 1. The summed E-state index contributed by atoms with van der Waals surface area (Å²) in [5.74, 6) is 0.939. The van der Waals surface area contributed by atoms with Gasteiger partial charge in [-0.25, -0.2) is 0 Å². The minimum Gasteiger partial charge on any atom is -0.494 e. The molecule has 1 aromatic carbocycles. The number of rotatable bonds is 4. The fourth-order valence-corrected chi connectivity index (χ4v) is 1.02. The number of hydrogen-bond acceptors (Lipinski definition) is 1. The molecule has 1 aromatic rings. The first kappa shape index (κ1) is 8.84. The monoisotopic (exact) mass is 261 g/mol. The van der Waals surface area contributed by atoms with Crippen LogP contribution < -0.4 is 4.74 Å². The van der Waals surface area contributed by atoms with Gasteiger partial charge in [-0.15, -0.1) is 0 Å². The molecule has 0 aliphatic rings. The molecule has 1 rings (SSSR count). The van der Waals surface area contributed by atoms with Crippen LogP contribution in [0.25, 0.3) is 0 Å². The van der Waals surface area contributed by atoms with Crippen LogP contribution in [0, 0.1) is 6.07 Å². The zero-order valence-corrected chi connectivity index (χ0v) is 8.37. The molecule has 0 N–H and O–H groups in total. The molecule has 0 aromatic heterocycles. The number of halogens is 1. The van der Waals surface area contributed by atoms with E-state index in [0.29, 0.717) is 0 Å². The molecule has 0 saturated heterocycles. The van der Waals surface area contributed by atoms with E-state index in [1.165, 1.54) is 0 Å². The maximum absolute atomic E-state index is 5.42. The van der Waals surface area contributed by atoms with E-state index >= 15 is 0 Å². The van der Waals surface area contributed by atoms with E-state index in [9.17, 15) is 0 Å². The first-order valence-corrected chi connectivity index (χ1v) is 5.11. The quantitative estimate of drug-likeness (QED) is 0.460. The van der Waals surface area contributed by atoms with E-state index in [4.69, 9.17) is 4.74 Å². The molecule has 1 radical (unpaired) electrons. The van der Waals surface area contributed by atoms with Gasteiger partial charge in [0.2, 0.25) is 0 Å². The molecule has 0 atom stereocenters. The van der Waals surface area contributed by atoms with E-state index in [1.807, 2.05) is 24.3 Å². The predicted octanol–water partition coefficient (Wildman–Crippen LogP) is 2.69. The predicted molar refractivity (Wildman–Crippen MR) is 54.3 cm³/mol. The van der Waals surface area contributed by atoms with Gasteiger partial charge in [-0.3, -0.25) is 0 Å². The highest BCUT2D eigenvalue weighted by Crippen LogP contribution is 2.08. The molecule has 0 saturated carbocycles. The molecule has 0 unspecified atom stereocenters. The Labute approximate surface area is 80.9 Å². The van der Waals surface area contributed by atoms with Gasteiger partial charge in [0.05, 0.1) is 6.61 Å². The summed E-state index contributed by atoms with van der Waals surface area (Å²) >= 11 is 2.34. The van der Waals surface area contributed by atoms with Crippen molar-refractivity contribution in [1.82, 2.24) is 0 Å². The van der Waals surface area contributed by atoms with Gasteiger partial charge in [0.15, 0.2) is 0 Å². The van der Waals surface area contributed by atoms with Crippen LogP contribution in [0.3, 0.4) is 0 Å². The van der Waals surface area contributed by atoms with Crippen LogP contribution in [0.2, 0.25) is 0 Å². The van der Waals surface area contributed by atoms with Gasteiger partial charge in [0.25, 0.3) is 0 Å². The van der Waals surface area contributed by atoms with Crippen LogP contribution in [-0.4, -0.2) is 11.0 Å². The van der Waals surface area contributed by atoms with Crippen LogP contribution >= 0.6 is 22.6 Å². The Balaban J connectivity index is 2.28. The molecular weight excluding hydrogens is 251 g/mol. The van der Waals surface area contributed by atoms with E-state index < -0.39 is 0 Å². The van der Waals surface area contributed by atoms with Crippen molar-refractivity contribution in [1.29, 1.82) is 0 Å². The summed E-state index contributed by atoms with van der Waals surface area (Å²) in [6.07, 6.45) is 1.11. The van der Waals surface area contributed by atoms with Gasteiger partial charge < -0.3 is 4.74 Å². The molecule has 0 fully saturated rings. The lowest BCUT2D eigenvalue weighted by Crippen LogP contribution is -1.96. The lowest BCUT2D eigenvalue weighted by atomic mass is 10.3. The second kappa shape index (κ2) is 5.41. The molecule has 0 aliphatic carbocycles. The summed E-state index contributed by atoms with van der Waals surface area (Å²) in [4.78, 5) is 0. The van der Waals surface area contributed by atoms with Gasteiger partial charge in [-0.1, -0.05) is 34.7 Å². The Morgan fingerprint density at radius 3 is 2.73 bits per heavy atom. The van der Waals surface area contributed by atoms with Crippen molar-refractivity contribution in [2.24, 2.45) is 0 Å². The van der Waals surface area contributed by atoms with Gasteiger partial charge in [-0.2, -0.15) is 0 Å². The largest absolute Gasteiger partial charge is 0.494 e. The number of hydrogen-bond donors (Lipinski definition) is 0. The molecule has 59 valence electrons. The summed E-state index contributed by atoms with van der Waals surface area (Å²) in [6.45, 7) is 0.812. The SMILES string of the molecule is ICCCOc1cc[c]cc1. The first-order valence-electron chi connectivity index (χ1n) is 3.58. The zero-order valence-electron chi connectivity index (χ0n) is 6.22. The third-order valence-electron chi connectivity index (χ3n) is 1.23. The van der Waals surface area contributed by atoms with Crippen molar-refractivity contribution in [3.05, 3.63) is 30.3 Å². The maximum Gasteiger partial charge on any atom is 0.119 e. The molecule has 1 nitrogen and oxygen atoms in total. The third kappa shape index (κ3) is 3.60. The second-order valence-corrected chi connectivity index (χ2v) is 3.21. The van der Waals surface area contributed by atoms with Crippen LogP contribution in [0.1, 0.15) is 6.42 Å². The van der Waals surface area contributed by atoms with Crippen LogP contribution in [0.15, 0.2) is 24.3 Å². The fraction of sp³-hybridized carbons (Fsp3) is 0.333. The molecule has 11 heavy (non-hydrogen) atoms. The standard InChI is InChI=1S/C9H10IO/c10-7-4-8-11-9-5-2-1-3-6-9/h2-3,5-6H,4,7-8H2. The average molecular weight is 261 g/mol. The van der Waals surface area contributed by atoms with Crippen molar-refractivity contribution in [2.45, 2.75) is 6.42 Å². The van der Waals surface area contributed by atoms with Gasteiger partial charge in [-0.05, 0) is 24.6 Å². The summed E-state index contributed by atoms with van der Waals surface area (Å²) < 4.78 is 6.57. The van der Waals surface area contributed by atoms with Crippen LogP contribution in [0.5, 0.6) is 5.75 Å². The van der Waals surface area contributed by atoms with Crippen molar-refractivity contribution in [2.75, 3.05) is 11.0 Å². The highest BCUT2D eigenvalue weighted by Gasteiger charge is 1.89. The Morgan fingerprint density at radius 1 is 1.36 bits per heavy atom. The van der Waals surface area contributed by atoms with Crippen LogP contribution in [-0.2, 0) is 0 Å². The summed E-state index contributed by atoms with van der Waals surface area (Å²) in [6, 6.07) is 10.5. The highest BCUT2D eigenvalue weighted by molar-refractivity contribution is 14.1. The Morgan fingerprint density at radius 2 is 2.09 bits per heavy atom. The zero-order chi connectivity index (χ0) is 7.94. The van der Waals surface area contributed by atoms with E-state index in [2.05, 4.69) is 28.7 Å². The molecule has 0 bridgehead atoms. The fourth-order valence-electron chi connectivity index (χ4n) is 0.712. The molecule has 2 heteroatoms. The minimum absolute atomic E-state index is 0.812. The molecule has 0 heterocycles. The molecular formula is C9H10IO. The Hall–Kier alpha value is -0.250. The summed E-state index contributed by atoms with van der Waals surface area (Å²) in [5, 5.41) is 0. The average Bonchev–Trinajstić information content (AvgIpc) is 2.07. The van der Waals surface area contributed by atoms with E-state index in [1.54, 1.807) is 0 Å². The topological polar surface area (TPSA) is 9.23 Å². The summed E-state index contributed by atoms with van der Waals surface area (Å²) in [7, 11) is 0. The highest BCUT2D eigenvalue weighted by atomic mass is 127. The molecule has 0 amide bonds. The molecule has 0 aliphatic heterocycles. The summed E-state index contributed by atoms with van der Waals surface area (Å²) in [5.41, 5.74) is 0. The maximum atomic E-state index is 5.42. The van der Waals surface area contributed by atoms with Crippen molar-refractivity contribution < 1.29 is 4.74 Å². The second-order valence-electron chi connectivity index (χ2n) is 2.13. The van der Waals surface area contributed by atoms with Crippen molar-refractivity contribution in [3.63, 3.8) is 0 Å².